The van der Waals surface area contributed by atoms with Crippen LogP contribution in [0.4, 0.5) is 10.1 Å². The van der Waals surface area contributed by atoms with E-state index in [1.807, 2.05) is 19.1 Å². The first kappa shape index (κ1) is 22.0. The number of nitrogens with zero attached hydrogens (tertiary/aromatic N) is 2. The molecule has 0 bridgehead atoms. The Morgan fingerprint density at radius 1 is 1.03 bits per heavy atom. The normalized spacial score (nSPS) is 16.2. The lowest BCUT2D eigenvalue weighted by Gasteiger charge is -2.26. The van der Waals surface area contributed by atoms with Crippen molar-refractivity contribution in [3.8, 4) is 0 Å². The summed E-state index contributed by atoms with van der Waals surface area (Å²) in [5, 5.41) is 0. The van der Waals surface area contributed by atoms with Crippen molar-refractivity contribution < 1.29 is 17.6 Å². The highest BCUT2D eigenvalue weighted by atomic mass is 32.2. The molecule has 1 heterocycles. The summed E-state index contributed by atoms with van der Waals surface area (Å²) in [4.78, 5) is 15.1. The quantitative estimate of drug-likeness (QED) is 0.551. The van der Waals surface area contributed by atoms with E-state index in [1.54, 1.807) is 41.3 Å². The Morgan fingerprint density at radius 2 is 1.72 bits per heavy atom. The van der Waals surface area contributed by atoms with Crippen molar-refractivity contribution in [2.24, 2.45) is 0 Å². The van der Waals surface area contributed by atoms with Crippen LogP contribution in [-0.2, 0) is 10.0 Å². The monoisotopic (exact) mass is 452 g/mol. The Balaban J connectivity index is 1.61. The first-order valence-electron chi connectivity index (χ1n) is 10.5. The second-order valence-electron chi connectivity index (χ2n) is 8.04. The Kier molecular flexibility index (Phi) is 6.02. The first-order valence-corrected chi connectivity index (χ1v) is 11.9. The maximum Gasteiger partial charge on any atom is 0.264 e. The summed E-state index contributed by atoms with van der Waals surface area (Å²) >= 11 is 0. The highest BCUT2D eigenvalue weighted by Crippen LogP contribution is 2.33. The second kappa shape index (κ2) is 8.74. The minimum Gasteiger partial charge on any atom is -0.332 e. The van der Waals surface area contributed by atoms with Gasteiger partial charge in [-0.1, -0.05) is 35.9 Å². The van der Waals surface area contributed by atoms with Crippen LogP contribution in [0.2, 0.25) is 0 Å². The van der Waals surface area contributed by atoms with Gasteiger partial charge in [-0.05, 0) is 67.8 Å². The molecule has 1 amide bonds. The van der Waals surface area contributed by atoms with Gasteiger partial charge in [-0.2, -0.15) is 0 Å². The number of rotatable bonds is 5. The number of hydrogen-bond acceptors (Lipinski definition) is 3. The van der Waals surface area contributed by atoms with E-state index in [9.17, 15) is 17.6 Å². The number of carbonyl (C=O) groups is 1. The minimum absolute atomic E-state index is 0.0592. The molecule has 3 aromatic carbocycles. The van der Waals surface area contributed by atoms with Crippen LogP contribution in [0.15, 0.2) is 77.7 Å². The van der Waals surface area contributed by atoms with Gasteiger partial charge in [0.15, 0.2) is 0 Å². The third-order valence-electron chi connectivity index (χ3n) is 5.91. The number of aryl methyl sites for hydroxylation is 1. The Labute approximate surface area is 188 Å². The summed E-state index contributed by atoms with van der Waals surface area (Å²) in [6.45, 7) is 2.51. The van der Waals surface area contributed by atoms with Crippen molar-refractivity contribution in [1.82, 2.24) is 4.90 Å². The van der Waals surface area contributed by atoms with Gasteiger partial charge in [0, 0.05) is 19.2 Å². The molecule has 1 saturated heterocycles. The zero-order chi connectivity index (χ0) is 22.9. The Bertz CT molecular complexity index is 1220. The number of likely N-dealkylation sites (tertiary alicyclic amines) is 1. The molecule has 0 saturated carbocycles. The number of sulfonamides is 1. The molecular formula is C25H25FN2O3S. The van der Waals surface area contributed by atoms with Crippen LogP contribution < -0.4 is 4.31 Å². The Hall–Kier alpha value is -3.19. The summed E-state index contributed by atoms with van der Waals surface area (Å²) in [6.07, 6.45) is 1.62. The average molecular weight is 453 g/mol. The largest absolute Gasteiger partial charge is 0.332 e. The topological polar surface area (TPSA) is 57.7 Å². The lowest BCUT2D eigenvalue weighted by atomic mass is 10.0. The molecule has 0 aromatic heterocycles. The van der Waals surface area contributed by atoms with Crippen LogP contribution in [-0.4, -0.2) is 32.8 Å². The molecule has 0 radical (unpaired) electrons. The molecule has 1 atom stereocenters. The average Bonchev–Trinajstić information content (AvgIpc) is 3.29. The highest BCUT2D eigenvalue weighted by molar-refractivity contribution is 7.92. The van der Waals surface area contributed by atoms with Gasteiger partial charge in [-0.15, -0.1) is 0 Å². The van der Waals surface area contributed by atoms with Gasteiger partial charge >= 0.3 is 0 Å². The lowest BCUT2D eigenvalue weighted by Crippen LogP contribution is -2.31. The smallest absolute Gasteiger partial charge is 0.264 e. The number of halogens is 1. The van der Waals surface area contributed by atoms with Gasteiger partial charge in [0.25, 0.3) is 15.9 Å². The third kappa shape index (κ3) is 4.25. The molecule has 3 aromatic rings. The van der Waals surface area contributed by atoms with Crippen molar-refractivity contribution >= 4 is 21.6 Å². The van der Waals surface area contributed by atoms with Crippen LogP contribution >= 0.6 is 0 Å². The molecule has 5 nitrogen and oxygen atoms in total. The van der Waals surface area contributed by atoms with Crippen molar-refractivity contribution in [3.63, 3.8) is 0 Å². The molecule has 7 heteroatoms. The fourth-order valence-electron chi connectivity index (χ4n) is 4.05. The number of anilines is 1. The summed E-state index contributed by atoms with van der Waals surface area (Å²) in [6, 6.07) is 19.4. The van der Waals surface area contributed by atoms with E-state index in [0.29, 0.717) is 17.8 Å². The summed E-state index contributed by atoms with van der Waals surface area (Å²) in [7, 11) is -2.33. The molecular weight excluding hydrogens is 427 g/mol. The molecule has 166 valence electrons. The maximum absolute atomic E-state index is 13.3. The molecule has 1 fully saturated rings. The number of carbonyl (C=O) groups excluding carboxylic acids is 1. The van der Waals surface area contributed by atoms with Gasteiger partial charge in [0.2, 0.25) is 0 Å². The van der Waals surface area contributed by atoms with E-state index < -0.39 is 10.0 Å². The van der Waals surface area contributed by atoms with Crippen molar-refractivity contribution in [2.75, 3.05) is 17.9 Å². The summed E-state index contributed by atoms with van der Waals surface area (Å²) in [5.74, 6) is -0.549. The van der Waals surface area contributed by atoms with Crippen LogP contribution in [0.1, 0.15) is 40.4 Å². The van der Waals surface area contributed by atoms with E-state index >= 15 is 0 Å². The molecule has 1 unspecified atom stereocenters. The van der Waals surface area contributed by atoms with Gasteiger partial charge < -0.3 is 4.90 Å². The van der Waals surface area contributed by atoms with Crippen LogP contribution in [0.3, 0.4) is 0 Å². The third-order valence-corrected chi connectivity index (χ3v) is 7.69. The van der Waals surface area contributed by atoms with Gasteiger partial charge in [0.1, 0.15) is 5.82 Å². The van der Waals surface area contributed by atoms with E-state index in [2.05, 4.69) is 0 Å². The zero-order valence-corrected chi connectivity index (χ0v) is 18.8. The molecule has 1 aliphatic heterocycles. The lowest BCUT2D eigenvalue weighted by molar-refractivity contribution is 0.0735. The van der Waals surface area contributed by atoms with Crippen LogP contribution in [0, 0.1) is 12.7 Å². The van der Waals surface area contributed by atoms with E-state index in [4.69, 9.17) is 0 Å². The van der Waals surface area contributed by atoms with Crippen molar-refractivity contribution in [2.45, 2.75) is 30.7 Å². The molecule has 0 aliphatic carbocycles. The molecule has 4 rings (SSSR count). The van der Waals surface area contributed by atoms with Gasteiger partial charge in [-0.25, -0.2) is 12.8 Å². The SMILES string of the molecule is Cc1ccc(N(C)S(=O)(=O)c2cccc(C(=O)N3CCCC3c3ccc(F)cc3)c2)cc1. The predicted octanol–water partition coefficient (Wildman–Crippen LogP) is 4.94. The van der Waals surface area contributed by atoms with E-state index in [0.717, 1.165) is 24.0 Å². The summed E-state index contributed by atoms with van der Waals surface area (Å²) < 4.78 is 40.9. The second-order valence-corrected chi connectivity index (χ2v) is 10.0. The van der Waals surface area contributed by atoms with E-state index in [-0.39, 0.29) is 22.7 Å². The molecule has 32 heavy (non-hydrogen) atoms. The number of hydrogen-bond donors (Lipinski definition) is 0. The molecule has 0 spiro atoms. The molecule has 0 N–H and O–H groups in total. The first-order chi connectivity index (χ1) is 15.3. The molecule has 1 aliphatic rings. The maximum atomic E-state index is 13.3. The number of amides is 1. The fraction of sp³-hybridized carbons (Fsp3) is 0.240. The zero-order valence-electron chi connectivity index (χ0n) is 18.0. The van der Waals surface area contributed by atoms with Gasteiger partial charge in [0.05, 0.1) is 16.6 Å². The van der Waals surface area contributed by atoms with E-state index in [1.165, 1.54) is 35.6 Å². The van der Waals surface area contributed by atoms with Crippen molar-refractivity contribution in [1.29, 1.82) is 0 Å². The highest BCUT2D eigenvalue weighted by Gasteiger charge is 2.31. The van der Waals surface area contributed by atoms with Gasteiger partial charge in [-0.3, -0.25) is 9.10 Å². The predicted molar refractivity (Wildman–Crippen MR) is 123 cm³/mol. The Morgan fingerprint density at radius 3 is 2.41 bits per heavy atom. The van der Waals surface area contributed by atoms with Crippen molar-refractivity contribution in [3.05, 3.63) is 95.3 Å². The van der Waals surface area contributed by atoms with Crippen LogP contribution in [0.5, 0.6) is 0 Å². The number of benzene rings is 3. The fourth-order valence-corrected chi connectivity index (χ4v) is 5.29. The standard InChI is InChI=1S/C25H25FN2O3S/c1-18-8-14-22(15-9-18)27(2)32(30,31)23-6-3-5-20(17-23)25(29)28-16-4-7-24(28)19-10-12-21(26)13-11-19/h3,5-6,8-15,17,24H,4,7,16H2,1-2H3. The van der Waals surface area contributed by atoms with Crippen LogP contribution in [0.25, 0.3) is 0 Å². The summed E-state index contributed by atoms with van der Waals surface area (Å²) in [5.41, 5.74) is 2.77. The minimum atomic E-state index is -3.83.